The highest BCUT2D eigenvalue weighted by Gasteiger charge is 2.12. The number of nitrogens with one attached hydrogen (secondary N) is 1. The van der Waals surface area contributed by atoms with Gasteiger partial charge in [0.2, 0.25) is 0 Å². The van der Waals surface area contributed by atoms with Gasteiger partial charge in [0.05, 0.1) is 5.52 Å². The van der Waals surface area contributed by atoms with Crippen LogP contribution >= 0.6 is 0 Å². The van der Waals surface area contributed by atoms with Gasteiger partial charge in [0.1, 0.15) is 11.6 Å². The van der Waals surface area contributed by atoms with E-state index in [0.717, 1.165) is 10.9 Å². The first-order valence-corrected chi connectivity index (χ1v) is 4.89. The fraction of sp³-hybridized carbons (Fsp3) is 0.182. The number of benzene rings is 1. The number of aromatic amines is 1. The van der Waals surface area contributed by atoms with E-state index in [2.05, 4.69) is 4.98 Å². The van der Waals surface area contributed by atoms with Crippen molar-refractivity contribution in [2.45, 2.75) is 12.8 Å². The molecule has 5 heteroatoms. The van der Waals surface area contributed by atoms with Crippen molar-refractivity contribution in [2.24, 2.45) is 0 Å². The van der Waals surface area contributed by atoms with Crippen LogP contribution in [0.4, 0.5) is 5.82 Å². The zero-order valence-electron chi connectivity index (χ0n) is 8.53. The largest absolute Gasteiger partial charge is 0.506 e. The van der Waals surface area contributed by atoms with E-state index in [-0.39, 0.29) is 12.2 Å². The van der Waals surface area contributed by atoms with Gasteiger partial charge in [0, 0.05) is 17.4 Å². The number of fused-ring (bicyclic) bond motifs is 1. The molecule has 0 atom stereocenters. The summed E-state index contributed by atoms with van der Waals surface area (Å²) in [4.78, 5) is 13.4. The van der Waals surface area contributed by atoms with Gasteiger partial charge in [-0.25, -0.2) is 0 Å². The summed E-state index contributed by atoms with van der Waals surface area (Å²) in [5.41, 5.74) is 7.05. The third-order valence-electron chi connectivity index (χ3n) is 2.54. The first kappa shape index (κ1) is 10.4. The predicted octanol–water partition coefficient (Wildman–Crippen LogP) is 1.47. The number of carbonyl (C=O) groups is 1. The smallest absolute Gasteiger partial charge is 0.303 e. The number of aryl methyl sites for hydroxylation is 1. The SMILES string of the molecule is Nc1[nH]c2c(O)cccc2c1CCC(=O)O. The van der Waals surface area contributed by atoms with Crippen LogP contribution in [-0.4, -0.2) is 21.2 Å². The molecule has 0 saturated carbocycles. The number of nitrogen functional groups attached to an aromatic ring is 1. The Hall–Kier alpha value is -2.17. The Morgan fingerprint density at radius 2 is 2.19 bits per heavy atom. The Morgan fingerprint density at radius 1 is 1.44 bits per heavy atom. The molecule has 1 heterocycles. The Bertz CT molecular complexity index is 545. The Balaban J connectivity index is 2.48. The molecule has 1 aromatic carbocycles. The van der Waals surface area contributed by atoms with E-state index >= 15 is 0 Å². The van der Waals surface area contributed by atoms with Crippen LogP contribution in [0.3, 0.4) is 0 Å². The Labute approximate surface area is 91.5 Å². The molecule has 5 N–H and O–H groups in total. The highest BCUT2D eigenvalue weighted by atomic mass is 16.4. The fourth-order valence-corrected chi connectivity index (χ4v) is 1.78. The van der Waals surface area contributed by atoms with Crippen LogP contribution in [0.1, 0.15) is 12.0 Å². The number of carboxylic acid groups (broad SMARTS) is 1. The van der Waals surface area contributed by atoms with Crippen LogP contribution in [0.15, 0.2) is 18.2 Å². The number of aromatic hydroxyl groups is 1. The maximum Gasteiger partial charge on any atom is 0.303 e. The summed E-state index contributed by atoms with van der Waals surface area (Å²) in [6.45, 7) is 0. The van der Waals surface area contributed by atoms with Crippen LogP contribution in [0.5, 0.6) is 5.75 Å². The molecule has 0 aliphatic rings. The second-order valence-electron chi connectivity index (χ2n) is 3.61. The lowest BCUT2D eigenvalue weighted by molar-refractivity contribution is -0.136. The number of nitrogens with two attached hydrogens (primary N) is 1. The van der Waals surface area contributed by atoms with Crippen molar-refractivity contribution in [1.82, 2.24) is 4.98 Å². The first-order valence-electron chi connectivity index (χ1n) is 4.89. The van der Waals surface area contributed by atoms with Crippen LogP contribution < -0.4 is 5.73 Å². The van der Waals surface area contributed by atoms with Crippen molar-refractivity contribution in [3.63, 3.8) is 0 Å². The fourth-order valence-electron chi connectivity index (χ4n) is 1.78. The van der Waals surface area contributed by atoms with Gasteiger partial charge in [0.15, 0.2) is 0 Å². The van der Waals surface area contributed by atoms with Crippen LogP contribution in [0.2, 0.25) is 0 Å². The highest BCUT2D eigenvalue weighted by molar-refractivity contribution is 5.92. The molecule has 0 aliphatic heterocycles. The summed E-state index contributed by atoms with van der Waals surface area (Å²) in [6.07, 6.45) is 0.372. The van der Waals surface area contributed by atoms with E-state index in [1.807, 2.05) is 0 Å². The number of carboxylic acids is 1. The molecule has 1 aromatic heterocycles. The zero-order chi connectivity index (χ0) is 11.7. The van der Waals surface area contributed by atoms with Crippen molar-refractivity contribution in [3.05, 3.63) is 23.8 Å². The van der Waals surface area contributed by atoms with Crippen molar-refractivity contribution in [3.8, 4) is 5.75 Å². The monoisotopic (exact) mass is 220 g/mol. The maximum absolute atomic E-state index is 10.5. The molecule has 84 valence electrons. The van der Waals surface area contributed by atoms with Gasteiger partial charge in [-0.3, -0.25) is 4.79 Å². The number of aromatic nitrogens is 1. The summed E-state index contributed by atoms with van der Waals surface area (Å²) in [6, 6.07) is 5.06. The molecular formula is C11H12N2O3. The molecule has 5 nitrogen and oxygen atoms in total. The Morgan fingerprint density at radius 3 is 2.88 bits per heavy atom. The van der Waals surface area contributed by atoms with E-state index in [4.69, 9.17) is 10.8 Å². The summed E-state index contributed by atoms with van der Waals surface area (Å²) < 4.78 is 0. The number of hydrogen-bond acceptors (Lipinski definition) is 3. The van der Waals surface area contributed by atoms with E-state index in [0.29, 0.717) is 17.8 Å². The third kappa shape index (κ3) is 1.67. The molecule has 2 rings (SSSR count). The minimum Gasteiger partial charge on any atom is -0.506 e. The minimum absolute atomic E-state index is 0.0206. The lowest BCUT2D eigenvalue weighted by Gasteiger charge is -1.98. The third-order valence-corrected chi connectivity index (χ3v) is 2.54. The second-order valence-corrected chi connectivity index (χ2v) is 3.61. The lowest BCUT2D eigenvalue weighted by atomic mass is 10.1. The molecule has 0 aliphatic carbocycles. The van der Waals surface area contributed by atoms with Crippen LogP contribution in [0, 0.1) is 0 Å². The highest BCUT2D eigenvalue weighted by Crippen LogP contribution is 2.30. The molecule has 0 unspecified atom stereocenters. The van der Waals surface area contributed by atoms with Gasteiger partial charge in [-0.05, 0) is 12.5 Å². The number of para-hydroxylation sites is 1. The number of phenols is 1. The standard InChI is InChI=1S/C11H12N2O3/c12-11-7(4-5-9(15)16)6-2-1-3-8(14)10(6)13-11/h1-3,13-14H,4-5,12H2,(H,15,16). The zero-order valence-corrected chi connectivity index (χ0v) is 8.53. The first-order chi connectivity index (χ1) is 7.59. The van der Waals surface area contributed by atoms with Crippen LogP contribution in [-0.2, 0) is 11.2 Å². The summed E-state index contributed by atoms with van der Waals surface area (Å²) in [5.74, 6) is -0.336. The van der Waals surface area contributed by atoms with E-state index in [9.17, 15) is 9.90 Å². The van der Waals surface area contributed by atoms with Gasteiger partial charge in [0.25, 0.3) is 0 Å². The molecule has 0 amide bonds. The van der Waals surface area contributed by atoms with Gasteiger partial charge >= 0.3 is 5.97 Å². The average Bonchev–Trinajstić information content (AvgIpc) is 2.53. The van der Waals surface area contributed by atoms with Gasteiger partial charge in [-0.15, -0.1) is 0 Å². The van der Waals surface area contributed by atoms with Gasteiger partial charge < -0.3 is 20.9 Å². The van der Waals surface area contributed by atoms with Gasteiger partial charge in [-0.2, -0.15) is 0 Å². The molecule has 2 aromatic rings. The number of phenolic OH excluding ortho intramolecular Hbond substituents is 1. The Kier molecular flexibility index (Phi) is 2.44. The number of aliphatic carboxylic acids is 1. The number of hydrogen-bond donors (Lipinski definition) is 4. The number of anilines is 1. The summed E-state index contributed by atoms with van der Waals surface area (Å²) in [5, 5.41) is 19.0. The predicted molar refractivity (Wildman–Crippen MR) is 60.3 cm³/mol. The van der Waals surface area contributed by atoms with Crippen molar-refractivity contribution >= 4 is 22.7 Å². The van der Waals surface area contributed by atoms with E-state index < -0.39 is 5.97 Å². The minimum atomic E-state index is -0.867. The van der Waals surface area contributed by atoms with Gasteiger partial charge in [-0.1, -0.05) is 12.1 Å². The molecule has 0 radical (unpaired) electrons. The summed E-state index contributed by atoms with van der Waals surface area (Å²) >= 11 is 0. The molecule has 16 heavy (non-hydrogen) atoms. The molecular weight excluding hydrogens is 208 g/mol. The van der Waals surface area contributed by atoms with E-state index in [1.165, 1.54) is 0 Å². The molecule has 0 saturated heterocycles. The molecule has 0 bridgehead atoms. The quantitative estimate of drug-likeness (QED) is 0.629. The van der Waals surface area contributed by atoms with Crippen molar-refractivity contribution in [2.75, 3.05) is 5.73 Å². The molecule has 0 spiro atoms. The second kappa shape index (κ2) is 3.77. The average molecular weight is 220 g/mol. The number of H-pyrrole nitrogens is 1. The number of rotatable bonds is 3. The van der Waals surface area contributed by atoms with Crippen molar-refractivity contribution < 1.29 is 15.0 Å². The normalized spacial score (nSPS) is 10.8. The molecule has 0 fully saturated rings. The van der Waals surface area contributed by atoms with E-state index in [1.54, 1.807) is 18.2 Å². The van der Waals surface area contributed by atoms with Crippen LogP contribution in [0.25, 0.3) is 10.9 Å². The maximum atomic E-state index is 10.5. The lowest BCUT2D eigenvalue weighted by Crippen LogP contribution is -1.99. The summed E-state index contributed by atoms with van der Waals surface area (Å²) in [7, 11) is 0. The van der Waals surface area contributed by atoms with Crippen molar-refractivity contribution in [1.29, 1.82) is 0 Å². The topological polar surface area (TPSA) is 99.3 Å².